The largest absolute Gasteiger partial charge is 0.379 e. The molecule has 0 spiro atoms. The molecule has 1 saturated heterocycles. The maximum Gasteiger partial charge on any atom is 0.191 e. The Kier molecular flexibility index (Phi) is 11.9. The fourth-order valence-corrected chi connectivity index (χ4v) is 3.38. The molecule has 1 fully saturated rings. The standard InChI is InChI=1S/C20H35N5O.HI/c1-16(2)13-19(25-9-11-26-12-10-25)15-24-20(21-4)23-8-6-18-5-7-22-14-17(18)3;/h5,7,14,16,19H,6,8-13,15H2,1-4H3,(H2,21,23,24);1H. The maximum absolute atomic E-state index is 5.50. The first-order chi connectivity index (χ1) is 12.6. The first-order valence-corrected chi connectivity index (χ1v) is 9.76. The molecule has 1 atom stereocenters. The Bertz CT molecular complexity index is 561. The summed E-state index contributed by atoms with van der Waals surface area (Å²) in [6.07, 6.45) is 5.92. The van der Waals surface area contributed by atoms with Crippen molar-refractivity contribution in [2.45, 2.75) is 39.7 Å². The zero-order valence-corrected chi connectivity index (χ0v) is 19.5. The molecule has 0 saturated carbocycles. The summed E-state index contributed by atoms with van der Waals surface area (Å²) in [4.78, 5) is 11.1. The van der Waals surface area contributed by atoms with Crippen molar-refractivity contribution in [3.63, 3.8) is 0 Å². The number of pyridine rings is 1. The summed E-state index contributed by atoms with van der Waals surface area (Å²) in [6.45, 7) is 12.2. The number of aryl methyl sites for hydroxylation is 1. The summed E-state index contributed by atoms with van der Waals surface area (Å²) in [5.41, 5.74) is 2.57. The van der Waals surface area contributed by atoms with Gasteiger partial charge in [-0.25, -0.2) is 0 Å². The van der Waals surface area contributed by atoms with E-state index >= 15 is 0 Å². The Morgan fingerprint density at radius 3 is 2.67 bits per heavy atom. The minimum Gasteiger partial charge on any atom is -0.379 e. The van der Waals surface area contributed by atoms with Crippen LogP contribution in [0.3, 0.4) is 0 Å². The second kappa shape index (κ2) is 13.3. The molecule has 2 rings (SSSR count). The highest BCUT2D eigenvalue weighted by Gasteiger charge is 2.22. The number of nitrogens with zero attached hydrogens (tertiary/aromatic N) is 3. The molecule has 0 aliphatic carbocycles. The topological polar surface area (TPSA) is 61.8 Å². The van der Waals surface area contributed by atoms with Crippen molar-refractivity contribution in [1.82, 2.24) is 20.5 Å². The molecule has 1 aromatic rings. The van der Waals surface area contributed by atoms with E-state index in [2.05, 4.69) is 52.3 Å². The molecule has 2 heterocycles. The average molecular weight is 489 g/mol. The van der Waals surface area contributed by atoms with Gasteiger partial charge < -0.3 is 15.4 Å². The fourth-order valence-electron chi connectivity index (χ4n) is 3.38. The predicted molar refractivity (Wildman–Crippen MR) is 123 cm³/mol. The van der Waals surface area contributed by atoms with E-state index in [0.29, 0.717) is 12.0 Å². The molecule has 2 N–H and O–H groups in total. The highest BCUT2D eigenvalue weighted by atomic mass is 127. The molecular formula is C20H36IN5O. The van der Waals surface area contributed by atoms with Crippen molar-refractivity contribution in [1.29, 1.82) is 0 Å². The summed E-state index contributed by atoms with van der Waals surface area (Å²) in [5.74, 6) is 1.55. The minimum atomic E-state index is 0. The Balaban J connectivity index is 0.00000364. The van der Waals surface area contributed by atoms with E-state index in [1.54, 1.807) is 0 Å². The van der Waals surface area contributed by atoms with Gasteiger partial charge >= 0.3 is 0 Å². The average Bonchev–Trinajstić information content (AvgIpc) is 2.65. The molecule has 6 nitrogen and oxygen atoms in total. The first-order valence-electron chi connectivity index (χ1n) is 9.76. The molecule has 0 radical (unpaired) electrons. The molecule has 1 unspecified atom stereocenters. The summed E-state index contributed by atoms with van der Waals surface area (Å²) in [7, 11) is 1.83. The van der Waals surface area contributed by atoms with E-state index in [0.717, 1.165) is 51.8 Å². The van der Waals surface area contributed by atoms with Crippen LogP contribution in [0.4, 0.5) is 0 Å². The number of guanidine groups is 1. The monoisotopic (exact) mass is 489 g/mol. The van der Waals surface area contributed by atoms with Crippen molar-refractivity contribution >= 4 is 29.9 Å². The highest BCUT2D eigenvalue weighted by molar-refractivity contribution is 14.0. The quantitative estimate of drug-likeness (QED) is 0.334. The van der Waals surface area contributed by atoms with Crippen molar-refractivity contribution in [2.75, 3.05) is 46.4 Å². The van der Waals surface area contributed by atoms with Gasteiger partial charge in [0.15, 0.2) is 5.96 Å². The summed E-state index contributed by atoms with van der Waals surface area (Å²) in [5, 5.41) is 6.95. The zero-order chi connectivity index (χ0) is 18.8. The Morgan fingerprint density at radius 1 is 1.30 bits per heavy atom. The van der Waals surface area contributed by atoms with Gasteiger partial charge in [0.05, 0.1) is 13.2 Å². The Hall–Kier alpha value is -0.930. The van der Waals surface area contributed by atoms with Crippen molar-refractivity contribution in [3.8, 4) is 0 Å². The van der Waals surface area contributed by atoms with Crippen LogP contribution in [0.2, 0.25) is 0 Å². The molecule has 27 heavy (non-hydrogen) atoms. The Labute approximate surface area is 181 Å². The van der Waals surface area contributed by atoms with Crippen LogP contribution >= 0.6 is 24.0 Å². The van der Waals surface area contributed by atoms with Crippen LogP contribution in [0.5, 0.6) is 0 Å². The lowest BCUT2D eigenvalue weighted by Crippen LogP contribution is -2.51. The first kappa shape index (κ1) is 24.1. The van der Waals surface area contributed by atoms with Gasteiger partial charge in [-0.15, -0.1) is 24.0 Å². The maximum atomic E-state index is 5.50. The molecule has 1 aromatic heterocycles. The minimum absolute atomic E-state index is 0. The van der Waals surface area contributed by atoms with Gasteiger partial charge in [0.25, 0.3) is 0 Å². The van der Waals surface area contributed by atoms with E-state index in [1.807, 2.05) is 19.4 Å². The fraction of sp³-hybridized carbons (Fsp3) is 0.700. The van der Waals surface area contributed by atoms with Gasteiger partial charge in [0, 0.05) is 51.7 Å². The van der Waals surface area contributed by atoms with Crippen LogP contribution in [0.1, 0.15) is 31.4 Å². The van der Waals surface area contributed by atoms with Crippen molar-refractivity contribution in [3.05, 3.63) is 29.6 Å². The molecule has 0 bridgehead atoms. The van der Waals surface area contributed by atoms with E-state index in [9.17, 15) is 0 Å². The van der Waals surface area contributed by atoms with Gasteiger partial charge in [-0.2, -0.15) is 0 Å². The van der Waals surface area contributed by atoms with Crippen molar-refractivity contribution in [2.24, 2.45) is 10.9 Å². The van der Waals surface area contributed by atoms with E-state index in [-0.39, 0.29) is 24.0 Å². The smallest absolute Gasteiger partial charge is 0.191 e. The number of rotatable bonds is 8. The van der Waals surface area contributed by atoms with Gasteiger partial charge in [0.2, 0.25) is 0 Å². The van der Waals surface area contributed by atoms with Gasteiger partial charge in [-0.1, -0.05) is 13.8 Å². The number of morpholine rings is 1. The molecule has 1 aliphatic heterocycles. The number of aliphatic imine (C=N–C) groups is 1. The second-order valence-electron chi connectivity index (χ2n) is 7.36. The van der Waals surface area contributed by atoms with Gasteiger partial charge in [-0.3, -0.25) is 14.9 Å². The van der Waals surface area contributed by atoms with Crippen LogP contribution in [-0.2, 0) is 11.2 Å². The highest BCUT2D eigenvalue weighted by Crippen LogP contribution is 2.13. The summed E-state index contributed by atoms with van der Waals surface area (Å²) >= 11 is 0. The molecule has 154 valence electrons. The van der Waals surface area contributed by atoms with E-state index < -0.39 is 0 Å². The van der Waals surface area contributed by atoms with Crippen LogP contribution in [0.25, 0.3) is 0 Å². The van der Waals surface area contributed by atoms with Crippen LogP contribution in [0.15, 0.2) is 23.5 Å². The normalized spacial score (nSPS) is 16.7. The van der Waals surface area contributed by atoms with E-state index in [1.165, 1.54) is 17.5 Å². The number of hydrogen-bond acceptors (Lipinski definition) is 4. The second-order valence-corrected chi connectivity index (χ2v) is 7.36. The number of nitrogens with one attached hydrogen (secondary N) is 2. The third-order valence-electron chi connectivity index (χ3n) is 4.86. The van der Waals surface area contributed by atoms with Crippen molar-refractivity contribution < 1.29 is 4.74 Å². The van der Waals surface area contributed by atoms with Gasteiger partial charge in [0.1, 0.15) is 0 Å². The lowest BCUT2D eigenvalue weighted by Gasteiger charge is -2.35. The summed E-state index contributed by atoms with van der Waals surface area (Å²) < 4.78 is 5.50. The lowest BCUT2D eigenvalue weighted by molar-refractivity contribution is 0.0132. The lowest BCUT2D eigenvalue weighted by atomic mass is 10.0. The van der Waals surface area contributed by atoms with Crippen LogP contribution in [-0.4, -0.2) is 68.3 Å². The zero-order valence-electron chi connectivity index (χ0n) is 17.2. The number of hydrogen-bond donors (Lipinski definition) is 2. The third kappa shape index (κ3) is 8.74. The van der Waals surface area contributed by atoms with Gasteiger partial charge in [-0.05, 0) is 42.9 Å². The molecule has 7 heteroatoms. The van der Waals surface area contributed by atoms with E-state index in [4.69, 9.17) is 4.74 Å². The number of ether oxygens (including phenoxy) is 1. The van der Waals surface area contributed by atoms with Crippen LogP contribution in [0, 0.1) is 12.8 Å². The molecule has 1 aliphatic rings. The molecule has 0 aromatic carbocycles. The summed E-state index contributed by atoms with van der Waals surface area (Å²) in [6, 6.07) is 2.60. The number of aromatic nitrogens is 1. The Morgan fingerprint density at radius 2 is 2.04 bits per heavy atom. The predicted octanol–water partition coefficient (Wildman–Crippen LogP) is 2.46. The molecular weight excluding hydrogens is 453 g/mol. The number of halogens is 1. The molecule has 0 amide bonds. The van der Waals surface area contributed by atoms with Crippen LogP contribution < -0.4 is 10.6 Å². The third-order valence-corrected chi connectivity index (χ3v) is 4.86. The SMILES string of the molecule is CN=C(NCCc1ccncc1C)NCC(CC(C)C)N1CCOCC1.I.